The summed E-state index contributed by atoms with van der Waals surface area (Å²) in [6.07, 6.45) is 0.590. The third-order valence-corrected chi connectivity index (χ3v) is 5.65. The van der Waals surface area contributed by atoms with E-state index in [1.165, 1.54) is 4.90 Å². The van der Waals surface area contributed by atoms with Gasteiger partial charge < -0.3 is 19.5 Å². The molecule has 1 atom stereocenters. The van der Waals surface area contributed by atoms with Crippen LogP contribution in [0.3, 0.4) is 0 Å². The molecule has 0 unspecified atom stereocenters. The van der Waals surface area contributed by atoms with Gasteiger partial charge in [-0.15, -0.1) is 0 Å². The summed E-state index contributed by atoms with van der Waals surface area (Å²) >= 11 is 0. The molecule has 0 saturated carbocycles. The van der Waals surface area contributed by atoms with Crippen molar-refractivity contribution in [2.45, 2.75) is 39.2 Å². The number of Topliss-reactive ketones (excluding diaryl/α,β-unsaturated/α-hetero) is 1. The summed E-state index contributed by atoms with van der Waals surface area (Å²) in [5.74, 6) is -0.428. The highest BCUT2D eigenvalue weighted by atomic mass is 16.5. The summed E-state index contributed by atoms with van der Waals surface area (Å²) < 4.78 is 10.6. The van der Waals surface area contributed by atoms with E-state index in [9.17, 15) is 14.7 Å². The van der Waals surface area contributed by atoms with Gasteiger partial charge in [0.2, 0.25) is 0 Å². The van der Waals surface area contributed by atoms with Gasteiger partial charge in [0, 0.05) is 25.8 Å². The van der Waals surface area contributed by atoms with Crippen molar-refractivity contribution in [1.82, 2.24) is 4.90 Å². The predicted molar refractivity (Wildman–Crippen MR) is 124 cm³/mol. The SMILES string of the molecule is CCOc1ccc(C(O)=C2C(=O)C(=O)N(CCCOC)[C@@H]2c2ccc(C(C)C)cc2)cc1. The zero-order valence-electron chi connectivity index (χ0n) is 19.1. The lowest BCUT2D eigenvalue weighted by molar-refractivity contribution is -0.140. The molecule has 2 aromatic carbocycles. The number of hydrogen-bond donors (Lipinski definition) is 1. The van der Waals surface area contributed by atoms with E-state index in [1.807, 2.05) is 31.2 Å². The van der Waals surface area contributed by atoms with E-state index in [1.54, 1.807) is 31.4 Å². The summed E-state index contributed by atoms with van der Waals surface area (Å²) in [6.45, 7) is 7.47. The highest BCUT2D eigenvalue weighted by Crippen LogP contribution is 2.40. The van der Waals surface area contributed by atoms with Crippen LogP contribution in [-0.4, -0.2) is 48.6 Å². The van der Waals surface area contributed by atoms with Gasteiger partial charge in [0.05, 0.1) is 18.2 Å². The molecule has 1 saturated heterocycles. The van der Waals surface area contributed by atoms with Gasteiger partial charge in [0.1, 0.15) is 11.5 Å². The van der Waals surface area contributed by atoms with Crippen LogP contribution in [0.1, 0.15) is 55.8 Å². The van der Waals surface area contributed by atoms with Crippen molar-refractivity contribution in [2.24, 2.45) is 0 Å². The van der Waals surface area contributed by atoms with Gasteiger partial charge in [0.15, 0.2) is 0 Å². The van der Waals surface area contributed by atoms with Crippen LogP contribution in [0.2, 0.25) is 0 Å². The first kappa shape index (κ1) is 23.5. The molecule has 32 heavy (non-hydrogen) atoms. The molecule has 0 aliphatic carbocycles. The Morgan fingerprint density at radius 2 is 1.72 bits per heavy atom. The van der Waals surface area contributed by atoms with Crippen molar-refractivity contribution < 1.29 is 24.2 Å². The number of amides is 1. The van der Waals surface area contributed by atoms with Crippen molar-refractivity contribution in [3.8, 4) is 5.75 Å². The lowest BCUT2D eigenvalue weighted by atomic mass is 9.93. The molecular formula is C26H31NO5. The number of ketones is 1. The number of likely N-dealkylation sites (tertiary alicyclic amines) is 1. The minimum Gasteiger partial charge on any atom is -0.507 e. The van der Waals surface area contributed by atoms with E-state index < -0.39 is 17.7 Å². The molecule has 0 spiro atoms. The standard InChI is InChI=1S/C26H31NO5/c1-5-32-21-13-11-20(12-14-21)24(28)22-23(19-9-7-18(8-10-19)17(2)3)27(15-6-16-31-4)26(30)25(22)29/h7-14,17,23,28H,5-6,15-16H2,1-4H3/t23-/m1/s1. The smallest absolute Gasteiger partial charge is 0.295 e. The van der Waals surface area contributed by atoms with Crippen LogP contribution in [0.5, 0.6) is 5.75 Å². The Hall–Kier alpha value is -3.12. The number of nitrogens with zero attached hydrogens (tertiary/aromatic N) is 1. The monoisotopic (exact) mass is 437 g/mol. The van der Waals surface area contributed by atoms with E-state index in [2.05, 4.69) is 13.8 Å². The van der Waals surface area contributed by atoms with Gasteiger partial charge in [-0.2, -0.15) is 0 Å². The lowest BCUT2D eigenvalue weighted by Crippen LogP contribution is -2.31. The minimum absolute atomic E-state index is 0.105. The van der Waals surface area contributed by atoms with Crippen molar-refractivity contribution in [1.29, 1.82) is 0 Å². The van der Waals surface area contributed by atoms with E-state index in [-0.39, 0.29) is 11.3 Å². The molecule has 1 N–H and O–H groups in total. The highest BCUT2D eigenvalue weighted by Gasteiger charge is 2.45. The molecule has 3 rings (SSSR count). The molecule has 1 fully saturated rings. The summed E-state index contributed by atoms with van der Waals surface area (Å²) in [7, 11) is 1.60. The van der Waals surface area contributed by atoms with E-state index in [0.29, 0.717) is 43.4 Å². The van der Waals surface area contributed by atoms with Gasteiger partial charge in [-0.05, 0) is 54.7 Å². The average Bonchev–Trinajstić information content (AvgIpc) is 3.04. The molecular weight excluding hydrogens is 406 g/mol. The maximum absolute atomic E-state index is 13.0. The van der Waals surface area contributed by atoms with Crippen molar-refractivity contribution in [3.05, 3.63) is 70.8 Å². The first-order valence-corrected chi connectivity index (χ1v) is 11.0. The number of rotatable bonds is 9. The topological polar surface area (TPSA) is 76.1 Å². The number of carbonyl (C=O) groups is 2. The Kier molecular flexibility index (Phi) is 7.70. The first-order valence-electron chi connectivity index (χ1n) is 11.0. The Labute approximate surface area is 189 Å². The first-order chi connectivity index (χ1) is 15.4. The molecule has 170 valence electrons. The third-order valence-electron chi connectivity index (χ3n) is 5.65. The van der Waals surface area contributed by atoms with Crippen molar-refractivity contribution >= 4 is 17.4 Å². The van der Waals surface area contributed by atoms with Crippen LogP contribution in [0.4, 0.5) is 0 Å². The second-order valence-electron chi connectivity index (χ2n) is 8.12. The van der Waals surface area contributed by atoms with Crippen LogP contribution in [0, 0.1) is 0 Å². The number of aliphatic hydroxyl groups is 1. The number of benzene rings is 2. The Bertz CT molecular complexity index is 976. The molecule has 6 nitrogen and oxygen atoms in total. The second kappa shape index (κ2) is 10.5. The van der Waals surface area contributed by atoms with Gasteiger partial charge >= 0.3 is 0 Å². The zero-order chi connectivity index (χ0) is 23.3. The molecule has 1 heterocycles. The van der Waals surface area contributed by atoms with Crippen LogP contribution in [-0.2, 0) is 14.3 Å². The quantitative estimate of drug-likeness (QED) is 0.267. The van der Waals surface area contributed by atoms with Crippen LogP contribution >= 0.6 is 0 Å². The molecule has 6 heteroatoms. The number of methoxy groups -OCH3 is 1. The fourth-order valence-electron chi connectivity index (χ4n) is 3.93. The highest BCUT2D eigenvalue weighted by molar-refractivity contribution is 6.46. The third kappa shape index (κ3) is 4.86. The molecule has 0 aromatic heterocycles. The van der Waals surface area contributed by atoms with Crippen molar-refractivity contribution in [3.63, 3.8) is 0 Å². The Balaban J connectivity index is 2.06. The van der Waals surface area contributed by atoms with Crippen LogP contribution in [0.25, 0.3) is 5.76 Å². The van der Waals surface area contributed by atoms with Gasteiger partial charge in [0.25, 0.3) is 11.7 Å². The largest absolute Gasteiger partial charge is 0.507 e. The molecule has 0 radical (unpaired) electrons. The van der Waals surface area contributed by atoms with E-state index in [4.69, 9.17) is 9.47 Å². The Morgan fingerprint density at radius 1 is 1.06 bits per heavy atom. The summed E-state index contributed by atoms with van der Waals surface area (Å²) in [5.41, 5.74) is 2.52. The van der Waals surface area contributed by atoms with E-state index >= 15 is 0 Å². The fourth-order valence-corrected chi connectivity index (χ4v) is 3.93. The summed E-state index contributed by atoms with van der Waals surface area (Å²) in [5, 5.41) is 11.1. The molecule has 1 aliphatic rings. The average molecular weight is 438 g/mol. The maximum Gasteiger partial charge on any atom is 0.295 e. The summed E-state index contributed by atoms with van der Waals surface area (Å²) in [4.78, 5) is 27.5. The fraction of sp³-hybridized carbons (Fsp3) is 0.385. The minimum atomic E-state index is -0.674. The van der Waals surface area contributed by atoms with Gasteiger partial charge in [-0.3, -0.25) is 9.59 Å². The Morgan fingerprint density at radius 3 is 2.28 bits per heavy atom. The van der Waals surface area contributed by atoms with E-state index in [0.717, 1.165) is 11.1 Å². The molecule has 2 aromatic rings. The summed E-state index contributed by atoms with van der Waals surface area (Å²) in [6, 6.07) is 14.1. The number of hydrogen-bond acceptors (Lipinski definition) is 5. The molecule has 0 bridgehead atoms. The molecule has 1 aliphatic heterocycles. The number of carbonyl (C=O) groups excluding carboxylic acids is 2. The predicted octanol–water partition coefficient (Wildman–Crippen LogP) is 4.67. The van der Waals surface area contributed by atoms with Gasteiger partial charge in [-0.1, -0.05) is 38.1 Å². The number of ether oxygens (including phenoxy) is 2. The lowest BCUT2D eigenvalue weighted by Gasteiger charge is -2.25. The zero-order valence-corrected chi connectivity index (χ0v) is 19.1. The van der Waals surface area contributed by atoms with Gasteiger partial charge in [-0.25, -0.2) is 0 Å². The van der Waals surface area contributed by atoms with Crippen LogP contribution < -0.4 is 4.74 Å². The maximum atomic E-state index is 13.0. The molecule has 1 amide bonds. The van der Waals surface area contributed by atoms with Crippen LogP contribution in [0.15, 0.2) is 54.1 Å². The second-order valence-corrected chi connectivity index (χ2v) is 8.12. The normalized spacial score (nSPS) is 17.9. The number of aliphatic hydroxyl groups excluding tert-OH is 1. The van der Waals surface area contributed by atoms with Crippen molar-refractivity contribution in [2.75, 3.05) is 26.9 Å².